The molecule has 0 bridgehead atoms. The molecule has 19 fully saturated rings. The van der Waals surface area contributed by atoms with Gasteiger partial charge in [-0.05, 0) is 493 Å². The van der Waals surface area contributed by atoms with Crippen molar-refractivity contribution in [1.29, 1.82) is 0 Å². The molecule has 16 amide bonds. The number of amides is 16. The monoisotopic (exact) mass is 2050 g/mol. The number of urea groups is 8. The number of piperidine rings is 8. The van der Waals surface area contributed by atoms with E-state index in [9.17, 15) is 51.5 Å². The Balaban J connectivity index is 0.000000148. The zero-order valence-corrected chi connectivity index (χ0v) is 92.7. The largest absolute Gasteiger partial charge is 0.341 e. The predicted octanol–water partition coefficient (Wildman–Crippen LogP) is 14.0. The molecule has 145 heavy (non-hydrogen) atoms. The smallest absolute Gasteiger partial charge is 0.318 e. The van der Waals surface area contributed by atoms with Crippen molar-refractivity contribution in [1.82, 2.24) is 121 Å². The first-order valence-corrected chi connectivity index (χ1v) is 58.6. The van der Waals surface area contributed by atoms with Gasteiger partial charge in [0.2, 0.25) is 0 Å². The Labute approximate surface area is 873 Å². The molecule has 832 valence electrons. The molecule has 19 rings (SSSR count). The molecule has 0 radical (unpaired) electrons. The first kappa shape index (κ1) is 117. The third kappa shape index (κ3) is 35.9. The zero-order chi connectivity index (χ0) is 104. The topological polar surface area (TPSA) is 285 Å². The second-order valence-corrected chi connectivity index (χ2v) is 48.0. The number of halogens is 3. The molecule has 19 aliphatic rings. The summed E-state index contributed by atoms with van der Waals surface area (Å²) in [6, 6.07) is 5.42. The number of carbonyl (C=O) groups is 8. The van der Waals surface area contributed by atoms with E-state index < -0.39 is 19.6 Å². The number of nitrogens with one attached hydrogen (secondary N) is 8. The average Bonchev–Trinajstić information content (AvgIpc) is 1.58. The van der Waals surface area contributed by atoms with Crippen LogP contribution in [0.3, 0.4) is 0 Å². The highest BCUT2D eigenvalue weighted by molar-refractivity contribution is 5.79. The van der Waals surface area contributed by atoms with E-state index in [-0.39, 0.29) is 72.4 Å². The summed E-state index contributed by atoms with van der Waals surface area (Å²) in [5.74, 6) is 5.47. The number of hydrogen-bond donors (Lipinski definition) is 8. The Morgan fingerprint density at radius 1 is 0.283 bits per heavy atom. The van der Waals surface area contributed by atoms with Crippen LogP contribution >= 0.6 is 0 Å². The summed E-state index contributed by atoms with van der Waals surface area (Å²) in [6.45, 7) is 33.9. The summed E-state index contributed by atoms with van der Waals surface area (Å²) < 4.78 is 36.4. The van der Waals surface area contributed by atoms with Gasteiger partial charge >= 0.3 is 48.2 Å². The SMILES string of the molecule is CC(C)NC(=O)N1CCC[C@H]1C1CCN(C)CC1.CCNC(=O)N1CCCC1C1CCN(C)CC1.CN1CCC([C@@H]2CCCN2C(=O)NC2(C)CCC2)CC1.CN1CCC([C@@H]2CCCN2C(=O)NC2CC2)CC1.CN1CCC([C@@H]2CCCN2C(=O)NC2CCC2)CC1.CN1CCC([C@@H]2CCCN2C(=O)NCC(F)F)CC1.CN1CCC([C@@H]2CCCN2C(=O)NCCF)CC1.CNC(=O)N1CCC[C@@H]1C1CCN(C)CC1. The molecule has 3 aliphatic carbocycles. The molecule has 0 aromatic rings. The van der Waals surface area contributed by atoms with Crippen LogP contribution in [0.1, 0.15) is 285 Å². The maximum atomic E-state index is 12.6. The highest BCUT2D eigenvalue weighted by atomic mass is 19.3. The lowest BCUT2D eigenvalue weighted by molar-refractivity contribution is 0.118. The standard InChI is InChI=1S/C16H29N3O.C15H27N3O.C14H25N3O.C14H27N3O.C13H23F2N3O.C13H24FN3O.C13H25N3O.C12H23N3O/c1-16(8-4-9-16)17-15(20)19-10-3-5-14(19)13-6-11-18(2)12-7-13;1-17-10-7-12(8-11-17)14-6-3-9-18(14)15(19)16-13-4-2-5-13;1-16-9-6-11(7-10-16)13-3-2-8-17(13)14(18)15-12-4-5-12;1-11(2)15-14(18)17-8-4-5-13(17)12-6-9-16(3)10-7-12;1-17-7-4-10(5-8-17)11-3-2-6-18(11)13(19)16-9-12(14)15;1-16-9-4-11(5-10-16)12-3-2-8-17(12)13(18)15-7-6-14;1-3-14-13(17)16-8-4-5-12(16)11-6-9-15(2)10-7-11;1-13-12(16)15-7-3-4-11(15)10-5-8-14(2)9-6-10/h13-14H,3-12H2,1-2H3,(H,17,20);12-14H,2-11H2,1H3,(H,16,19);11-13H,2-10H2,1H3,(H,15,18);11-13H,4-10H2,1-3H3,(H,15,18);10-12H,2-9H2,1H3,(H,16,19);11-12H,2-10H2,1H3,(H,15,18);11-12H,3-10H2,1-2H3,(H,14,17);10-11H,3-9H2,1-2H3,(H,13,16)/t2*14-;2*13-;11-;12-;;11-/m000000.1/s1. The van der Waals surface area contributed by atoms with Crippen molar-refractivity contribution < 1.29 is 51.5 Å². The van der Waals surface area contributed by atoms with E-state index in [0.29, 0.717) is 84.6 Å². The lowest BCUT2D eigenvalue weighted by atomic mass is 9.78. The molecule has 0 spiro atoms. The van der Waals surface area contributed by atoms with Crippen LogP contribution in [0.5, 0.6) is 0 Å². The Morgan fingerprint density at radius 2 is 0.517 bits per heavy atom. The Bertz CT molecular complexity index is 3750. The molecule has 16 aliphatic heterocycles. The molecule has 0 aromatic carbocycles. The molecular weight excluding hydrogens is 1840 g/mol. The molecule has 8 N–H and O–H groups in total. The van der Waals surface area contributed by atoms with Crippen molar-refractivity contribution in [3.8, 4) is 0 Å². The summed E-state index contributed by atoms with van der Waals surface area (Å²) in [5.41, 5.74) is 0.0804. The van der Waals surface area contributed by atoms with Gasteiger partial charge in [0, 0.05) is 144 Å². The van der Waals surface area contributed by atoms with Gasteiger partial charge in [-0.2, -0.15) is 0 Å². The van der Waals surface area contributed by atoms with Gasteiger partial charge in [0.1, 0.15) is 6.67 Å². The highest BCUT2D eigenvalue weighted by Gasteiger charge is 2.47. The molecule has 8 atom stereocenters. The van der Waals surface area contributed by atoms with E-state index in [1.807, 2.05) is 25.7 Å². The van der Waals surface area contributed by atoms with Crippen LogP contribution in [-0.4, -0.2) is 452 Å². The number of likely N-dealkylation sites (tertiary alicyclic amines) is 16. The van der Waals surface area contributed by atoms with Crippen molar-refractivity contribution in [2.24, 2.45) is 47.3 Å². The van der Waals surface area contributed by atoms with Gasteiger partial charge in [0.05, 0.1) is 6.54 Å². The number of rotatable bonds is 17. The first-order chi connectivity index (χ1) is 69.9. The fraction of sp³-hybridized carbons (Fsp3) is 0.927. The van der Waals surface area contributed by atoms with Crippen LogP contribution in [0.2, 0.25) is 0 Å². The van der Waals surface area contributed by atoms with Gasteiger partial charge in [-0.25, -0.2) is 51.5 Å². The average molecular weight is 2050 g/mol. The fourth-order valence-corrected chi connectivity index (χ4v) is 27.3. The van der Waals surface area contributed by atoms with E-state index in [0.717, 1.165) is 154 Å². The van der Waals surface area contributed by atoms with Gasteiger partial charge < -0.3 is 121 Å². The molecule has 3 saturated carbocycles. The third-order valence-corrected chi connectivity index (χ3v) is 36.9. The minimum atomic E-state index is -2.48. The summed E-state index contributed by atoms with van der Waals surface area (Å²) in [4.78, 5) is 132. The van der Waals surface area contributed by atoms with Crippen LogP contribution < -0.4 is 42.5 Å². The lowest BCUT2D eigenvalue weighted by Gasteiger charge is -2.42. The van der Waals surface area contributed by atoms with Gasteiger partial charge in [-0.15, -0.1) is 0 Å². The molecule has 16 saturated heterocycles. The van der Waals surface area contributed by atoms with E-state index in [4.69, 9.17) is 0 Å². The second-order valence-electron chi connectivity index (χ2n) is 48.0. The molecule has 1 unspecified atom stereocenters. The Kier molecular flexibility index (Phi) is 48.2. The molecule has 35 heteroatoms. The zero-order valence-electron chi connectivity index (χ0n) is 92.7. The quantitative estimate of drug-likeness (QED) is 0.0672. The lowest BCUT2D eigenvalue weighted by Crippen LogP contribution is -2.57. The van der Waals surface area contributed by atoms with Gasteiger partial charge in [-0.1, -0.05) is 0 Å². The number of alkyl halides is 3. The maximum Gasteiger partial charge on any atom is 0.318 e. The Morgan fingerprint density at radius 3 is 0.731 bits per heavy atom. The first-order valence-electron chi connectivity index (χ1n) is 58.6. The molecule has 16 heterocycles. The van der Waals surface area contributed by atoms with Crippen LogP contribution in [0.25, 0.3) is 0 Å². The fourth-order valence-electron chi connectivity index (χ4n) is 27.3. The van der Waals surface area contributed by atoms with Crippen molar-refractivity contribution in [3.05, 3.63) is 0 Å². The summed E-state index contributed by atoms with van der Waals surface area (Å²) in [7, 11) is 19.1. The summed E-state index contributed by atoms with van der Waals surface area (Å²) in [5, 5.41) is 23.4. The number of carbonyl (C=O) groups excluding carboxylic acids is 8. The number of hydrogen-bond acceptors (Lipinski definition) is 16. The van der Waals surface area contributed by atoms with Crippen molar-refractivity contribution >= 4 is 48.2 Å². The van der Waals surface area contributed by atoms with E-state index >= 15 is 0 Å². The highest BCUT2D eigenvalue weighted by Crippen LogP contribution is 2.41. The Hall–Kier alpha value is -6.37. The van der Waals surface area contributed by atoms with Crippen molar-refractivity contribution in [3.63, 3.8) is 0 Å². The maximum absolute atomic E-state index is 12.6. The van der Waals surface area contributed by atoms with E-state index in [2.05, 4.69) is 174 Å². The van der Waals surface area contributed by atoms with Crippen LogP contribution in [0.4, 0.5) is 51.5 Å². The van der Waals surface area contributed by atoms with Gasteiger partial charge in [0.15, 0.2) is 0 Å². The van der Waals surface area contributed by atoms with Crippen molar-refractivity contribution in [2.45, 2.75) is 363 Å². The normalized spacial score (nSPS) is 28.5. The molecule has 0 aromatic heterocycles. The minimum absolute atomic E-state index is 0.0749. The third-order valence-electron chi connectivity index (χ3n) is 36.9. The van der Waals surface area contributed by atoms with Crippen LogP contribution in [0.15, 0.2) is 0 Å². The van der Waals surface area contributed by atoms with Gasteiger partial charge in [-0.3, -0.25) is 0 Å². The summed E-state index contributed by atoms with van der Waals surface area (Å²) in [6.07, 6.45) is 45.1. The summed E-state index contributed by atoms with van der Waals surface area (Å²) >= 11 is 0. The van der Waals surface area contributed by atoms with Crippen LogP contribution in [0, 0.1) is 47.3 Å². The van der Waals surface area contributed by atoms with Crippen molar-refractivity contribution in [2.75, 3.05) is 247 Å². The van der Waals surface area contributed by atoms with E-state index in [1.54, 1.807) is 11.9 Å². The second kappa shape index (κ2) is 59.6. The molecular formula is C110H203F3N24O8. The predicted molar refractivity (Wildman–Crippen MR) is 574 cm³/mol. The van der Waals surface area contributed by atoms with Gasteiger partial charge in [0.25, 0.3) is 6.43 Å². The number of nitrogens with zero attached hydrogens (tertiary/aromatic N) is 16. The van der Waals surface area contributed by atoms with E-state index in [1.165, 1.54) is 284 Å². The molecule has 32 nitrogen and oxygen atoms in total. The van der Waals surface area contributed by atoms with Crippen LogP contribution in [-0.2, 0) is 0 Å². The minimum Gasteiger partial charge on any atom is -0.341 e.